The predicted octanol–water partition coefficient (Wildman–Crippen LogP) is 1.54. The van der Waals surface area contributed by atoms with E-state index in [0.717, 1.165) is 23.7 Å². The van der Waals surface area contributed by atoms with E-state index < -0.39 is 0 Å². The molecule has 0 radical (unpaired) electrons. The van der Waals surface area contributed by atoms with Crippen molar-refractivity contribution in [3.63, 3.8) is 0 Å². The van der Waals surface area contributed by atoms with Crippen LogP contribution >= 0.6 is 11.5 Å². The molecule has 0 saturated carbocycles. The van der Waals surface area contributed by atoms with Gasteiger partial charge in [-0.3, -0.25) is 0 Å². The molecule has 1 aromatic rings. The molecule has 0 aliphatic carbocycles. The van der Waals surface area contributed by atoms with E-state index in [9.17, 15) is 0 Å². The smallest absolute Gasteiger partial charge is 0.135 e. The highest BCUT2D eigenvalue weighted by Gasteiger charge is 2.06. The van der Waals surface area contributed by atoms with Crippen molar-refractivity contribution in [2.45, 2.75) is 20.0 Å². The minimum absolute atomic E-state index is 0.468. The highest BCUT2D eigenvalue weighted by Crippen LogP contribution is 2.18. The van der Waals surface area contributed by atoms with E-state index in [1.54, 1.807) is 7.11 Å². The zero-order valence-corrected chi connectivity index (χ0v) is 11.8. The number of hydrogen-bond acceptors (Lipinski definition) is 7. The summed E-state index contributed by atoms with van der Waals surface area (Å²) in [6.07, 6.45) is 1.07. The van der Waals surface area contributed by atoms with Gasteiger partial charge in [-0.15, -0.1) is 5.10 Å². The van der Waals surface area contributed by atoms with Crippen molar-refractivity contribution in [3.8, 4) is 0 Å². The Balaban J connectivity index is 2.09. The number of rotatable bonds is 11. The summed E-state index contributed by atoms with van der Waals surface area (Å²) in [5.74, 6) is 0. The Bertz CT molecular complexity index is 309. The van der Waals surface area contributed by atoms with Crippen molar-refractivity contribution in [3.05, 3.63) is 5.69 Å². The molecule has 0 amide bonds. The van der Waals surface area contributed by atoms with Gasteiger partial charge in [-0.05, 0) is 6.42 Å². The normalized spacial score (nSPS) is 10.8. The molecule has 0 aliphatic rings. The number of aromatic nitrogens is 2. The average molecular weight is 275 g/mol. The zero-order valence-electron chi connectivity index (χ0n) is 11.0. The van der Waals surface area contributed by atoms with Gasteiger partial charge >= 0.3 is 0 Å². The lowest BCUT2D eigenvalue weighted by molar-refractivity contribution is 0.0193. The quantitative estimate of drug-likeness (QED) is 0.618. The Morgan fingerprint density at radius 3 is 2.72 bits per heavy atom. The standard InChI is InChI=1S/C11H21N3O3S/c1-3-4-12-11-10(13-14-18-11)9-17-8-7-16-6-5-15-2/h12H,3-9H2,1-2H3. The number of methoxy groups -OCH3 is 1. The second kappa shape index (κ2) is 10.2. The molecule has 18 heavy (non-hydrogen) atoms. The van der Waals surface area contributed by atoms with Gasteiger partial charge in [0.2, 0.25) is 0 Å². The maximum atomic E-state index is 5.48. The van der Waals surface area contributed by atoms with Gasteiger partial charge in [0.25, 0.3) is 0 Å². The van der Waals surface area contributed by atoms with Crippen molar-refractivity contribution in [2.75, 3.05) is 45.4 Å². The SMILES string of the molecule is CCCNc1snnc1COCCOCCOC. The first-order valence-electron chi connectivity index (χ1n) is 6.08. The molecule has 104 valence electrons. The largest absolute Gasteiger partial charge is 0.382 e. The number of nitrogens with one attached hydrogen (secondary N) is 1. The molecule has 1 aromatic heterocycles. The third kappa shape index (κ3) is 6.25. The molecule has 7 heteroatoms. The van der Waals surface area contributed by atoms with Crippen LogP contribution in [0.5, 0.6) is 0 Å². The van der Waals surface area contributed by atoms with Crippen LogP contribution in [0.25, 0.3) is 0 Å². The van der Waals surface area contributed by atoms with Crippen molar-refractivity contribution in [1.82, 2.24) is 9.59 Å². The van der Waals surface area contributed by atoms with Crippen LogP contribution < -0.4 is 5.32 Å². The number of hydrogen-bond donors (Lipinski definition) is 1. The molecule has 6 nitrogen and oxygen atoms in total. The van der Waals surface area contributed by atoms with Crippen LogP contribution in [0.3, 0.4) is 0 Å². The highest BCUT2D eigenvalue weighted by atomic mass is 32.1. The molecule has 0 aromatic carbocycles. The van der Waals surface area contributed by atoms with Crippen LogP contribution in [0.1, 0.15) is 19.0 Å². The summed E-state index contributed by atoms with van der Waals surface area (Å²) in [4.78, 5) is 0. The van der Waals surface area contributed by atoms with Gasteiger partial charge in [0.1, 0.15) is 10.7 Å². The minimum Gasteiger partial charge on any atom is -0.382 e. The van der Waals surface area contributed by atoms with E-state index in [1.807, 2.05) is 0 Å². The lowest BCUT2D eigenvalue weighted by Gasteiger charge is -2.06. The van der Waals surface area contributed by atoms with E-state index in [1.165, 1.54) is 11.5 Å². The topological polar surface area (TPSA) is 65.5 Å². The van der Waals surface area contributed by atoms with E-state index >= 15 is 0 Å². The molecular weight excluding hydrogens is 254 g/mol. The molecule has 1 heterocycles. The Morgan fingerprint density at radius 2 is 1.94 bits per heavy atom. The molecule has 0 fully saturated rings. The van der Waals surface area contributed by atoms with Crippen LogP contribution in [0.2, 0.25) is 0 Å². The molecule has 0 unspecified atom stereocenters. The van der Waals surface area contributed by atoms with Crippen molar-refractivity contribution < 1.29 is 14.2 Å². The Morgan fingerprint density at radius 1 is 1.17 bits per heavy atom. The molecule has 0 atom stereocenters. The summed E-state index contributed by atoms with van der Waals surface area (Å²) < 4.78 is 19.6. The first kappa shape index (κ1) is 15.3. The summed E-state index contributed by atoms with van der Waals surface area (Å²) in [5, 5.41) is 8.31. The summed E-state index contributed by atoms with van der Waals surface area (Å²) in [5.41, 5.74) is 0.866. The fraction of sp³-hybridized carbons (Fsp3) is 0.818. The monoisotopic (exact) mass is 275 g/mol. The van der Waals surface area contributed by atoms with Crippen LogP contribution in [-0.2, 0) is 20.8 Å². The van der Waals surface area contributed by atoms with E-state index in [0.29, 0.717) is 33.0 Å². The summed E-state index contributed by atoms with van der Waals surface area (Å²) in [7, 11) is 1.65. The second-order valence-electron chi connectivity index (χ2n) is 3.63. The van der Waals surface area contributed by atoms with Crippen LogP contribution in [0, 0.1) is 0 Å². The lowest BCUT2D eigenvalue weighted by Crippen LogP contribution is -2.09. The molecule has 0 bridgehead atoms. The van der Waals surface area contributed by atoms with E-state index in [2.05, 4.69) is 21.8 Å². The number of ether oxygens (including phenoxy) is 3. The first-order valence-corrected chi connectivity index (χ1v) is 6.85. The van der Waals surface area contributed by atoms with Gasteiger partial charge in [0.15, 0.2) is 0 Å². The van der Waals surface area contributed by atoms with Gasteiger partial charge in [-0.25, -0.2) is 0 Å². The molecule has 0 aliphatic heterocycles. The molecule has 0 spiro atoms. The van der Waals surface area contributed by atoms with E-state index in [-0.39, 0.29) is 0 Å². The van der Waals surface area contributed by atoms with Crippen molar-refractivity contribution >= 4 is 16.5 Å². The molecule has 1 N–H and O–H groups in total. The predicted molar refractivity (Wildman–Crippen MR) is 71.0 cm³/mol. The maximum Gasteiger partial charge on any atom is 0.135 e. The summed E-state index contributed by atoms with van der Waals surface area (Å²) in [6.45, 7) is 5.85. The fourth-order valence-electron chi connectivity index (χ4n) is 1.21. The molecule has 0 saturated heterocycles. The van der Waals surface area contributed by atoms with Crippen molar-refractivity contribution in [2.24, 2.45) is 0 Å². The van der Waals surface area contributed by atoms with Gasteiger partial charge in [-0.2, -0.15) is 0 Å². The third-order valence-electron chi connectivity index (χ3n) is 2.13. The Hall–Kier alpha value is -0.760. The van der Waals surface area contributed by atoms with Crippen LogP contribution in [0.15, 0.2) is 0 Å². The lowest BCUT2D eigenvalue weighted by atomic mass is 10.4. The minimum atomic E-state index is 0.468. The van der Waals surface area contributed by atoms with Crippen molar-refractivity contribution in [1.29, 1.82) is 0 Å². The fourth-order valence-corrected chi connectivity index (χ4v) is 1.80. The zero-order chi connectivity index (χ0) is 13.1. The van der Waals surface area contributed by atoms with Gasteiger partial charge in [0, 0.05) is 25.2 Å². The Labute approximate surface area is 112 Å². The first-order chi connectivity index (χ1) is 8.88. The van der Waals surface area contributed by atoms with Gasteiger partial charge in [0.05, 0.1) is 33.0 Å². The van der Waals surface area contributed by atoms with Crippen LogP contribution in [-0.4, -0.2) is 49.7 Å². The van der Waals surface area contributed by atoms with E-state index in [4.69, 9.17) is 14.2 Å². The van der Waals surface area contributed by atoms with Gasteiger partial charge < -0.3 is 19.5 Å². The average Bonchev–Trinajstić information content (AvgIpc) is 2.83. The Kier molecular flexibility index (Phi) is 8.66. The summed E-state index contributed by atoms with van der Waals surface area (Å²) >= 11 is 1.36. The third-order valence-corrected chi connectivity index (χ3v) is 2.86. The number of nitrogens with zero attached hydrogens (tertiary/aromatic N) is 2. The van der Waals surface area contributed by atoms with Gasteiger partial charge in [-0.1, -0.05) is 11.4 Å². The highest BCUT2D eigenvalue weighted by molar-refractivity contribution is 7.10. The maximum absolute atomic E-state index is 5.48. The van der Waals surface area contributed by atoms with Crippen LogP contribution in [0.4, 0.5) is 5.00 Å². The second-order valence-corrected chi connectivity index (χ2v) is 4.39. The summed E-state index contributed by atoms with van der Waals surface area (Å²) in [6, 6.07) is 0. The molecular formula is C11H21N3O3S. The number of anilines is 1. The molecule has 1 rings (SSSR count).